The SMILES string of the molecule is COc1ccc(S(=O)(=O)N(Cc2ccc3c(c2)OCO3)[C@H](CCC(=O)N2CCN(c3ccccn3)CC2)C(=O)NO)cc1. The predicted octanol–water partition coefficient (Wildman–Crippen LogP) is 2.01. The van der Waals surface area contributed by atoms with Crippen molar-refractivity contribution in [2.24, 2.45) is 0 Å². The maximum absolute atomic E-state index is 14.0. The first-order chi connectivity index (χ1) is 20.8. The number of hydroxylamine groups is 1. The zero-order chi connectivity index (χ0) is 30.4. The lowest BCUT2D eigenvalue weighted by Gasteiger charge is -2.36. The number of hydrogen-bond donors (Lipinski definition) is 2. The van der Waals surface area contributed by atoms with Crippen molar-refractivity contribution in [2.75, 3.05) is 45.0 Å². The highest BCUT2D eigenvalue weighted by Crippen LogP contribution is 2.34. The number of nitrogens with zero attached hydrogens (tertiary/aromatic N) is 4. The van der Waals surface area contributed by atoms with Gasteiger partial charge in [0.15, 0.2) is 11.5 Å². The van der Waals surface area contributed by atoms with Gasteiger partial charge in [-0.1, -0.05) is 12.1 Å². The maximum atomic E-state index is 14.0. The van der Waals surface area contributed by atoms with Gasteiger partial charge in [-0.15, -0.1) is 0 Å². The van der Waals surface area contributed by atoms with Gasteiger partial charge in [-0.2, -0.15) is 4.31 Å². The molecule has 5 rings (SSSR count). The van der Waals surface area contributed by atoms with Gasteiger partial charge in [0.1, 0.15) is 17.6 Å². The number of carbonyl (C=O) groups excluding carboxylic acids is 2. The van der Waals surface area contributed by atoms with Crippen LogP contribution < -0.4 is 24.6 Å². The molecule has 2 aromatic carbocycles. The summed E-state index contributed by atoms with van der Waals surface area (Å²) < 4.78 is 45.0. The van der Waals surface area contributed by atoms with Gasteiger partial charge in [-0.05, 0) is 60.5 Å². The second kappa shape index (κ2) is 13.3. The zero-order valence-electron chi connectivity index (χ0n) is 23.6. The quantitative estimate of drug-likeness (QED) is 0.243. The Morgan fingerprint density at radius 3 is 2.47 bits per heavy atom. The summed E-state index contributed by atoms with van der Waals surface area (Å²) in [7, 11) is -2.84. The van der Waals surface area contributed by atoms with Crippen LogP contribution in [0.4, 0.5) is 5.82 Å². The molecule has 13 nitrogen and oxygen atoms in total. The first kappa shape index (κ1) is 30.1. The van der Waals surface area contributed by atoms with E-state index in [1.807, 2.05) is 18.2 Å². The molecule has 228 valence electrons. The van der Waals surface area contributed by atoms with Gasteiger partial charge in [0.2, 0.25) is 22.7 Å². The van der Waals surface area contributed by atoms with Gasteiger partial charge < -0.3 is 24.0 Å². The minimum atomic E-state index is -4.31. The Morgan fingerprint density at radius 1 is 1.05 bits per heavy atom. The molecular formula is C29H33N5O8S. The standard InChI is InChI=1S/C29H33N5O8S/c1-40-22-6-8-23(9-7-22)43(38,39)34(19-21-5-11-25-26(18-21)42-20-41-25)24(29(36)31-37)10-12-28(35)33-16-14-32(15-17-33)27-4-2-3-13-30-27/h2-9,11,13,18,24,37H,10,12,14-17,19-20H2,1H3,(H,31,36)/t24-/m1/s1. The van der Waals surface area contributed by atoms with E-state index in [2.05, 4.69) is 9.88 Å². The highest BCUT2D eigenvalue weighted by molar-refractivity contribution is 7.89. The van der Waals surface area contributed by atoms with Crippen LogP contribution in [-0.2, 0) is 26.2 Å². The molecule has 0 unspecified atom stereocenters. The highest BCUT2D eigenvalue weighted by Gasteiger charge is 2.37. The van der Waals surface area contributed by atoms with Crippen molar-refractivity contribution in [3.05, 3.63) is 72.4 Å². The number of benzene rings is 2. The van der Waals surface area contributed by atoms with Crippen molar-refractivity contribution >= 4 is 27.7 Å². The molecule has 0 radical (unpaired) electrons. The number of aromatic nitrogens is 1. The zero-order valence-corrected chi connectivity index (χ0v) is 24.4. The minimum Gasteiger partial charge on any atom is -0.497 e. The molecule has 2 N–H and O–H groups in total. The fourth-order valence-corrected chi connectivity index (χ4v) is 6.70. The highest BCUT2D eigenvalue weighted by atomic mass is 32.2. The van der Waals surface area contributed by atoms with Gasteiger partial charge in [-0.25, -0.2) is 18.9 Å². The average Bonchev–Trinajstić information content (AvgIpc) is 3.52. The van der Waals surface area contributed by atoms with Gasteiger partial charge >= 0.3 is 0 Å². The van der Waals surface area contributed by atoms with E-state index in [0.29, 0.717) is 49.0 Å². The Balaban J connectivity index is 1.36. The van der Waals surface area contributed by atoms with Crippen molar-refractivity contribution < 1.29 is 37.4 Å². The molecule has 2 aliphatic rings. The number of ether oxygens (including phenoxy) is 3. The summed E-state index contributed by atoms with van der Waals surface area (Å²) >= 11 is 0. The molecule has 14 heteroatoms. The lowest BCUT2D eigenvalue weighted by atomic mass is 10.1. The third kappa shape index (κ3) is 6.82. The van der Waals surface area contributed by atoms with E-state index in [9.17, 15) is 23.2 Å². The summed E-state index contributed by atoms with van der Waals surface area (Å²) in [6.07, 6.45) is 1.44. The van der Waals surface area contributed by atoms with Crippen LogP contribution in [0.15, 0.2) is 71.8 Å². The molecule has 1 fully saturated rings. The van der Waals surface area contributed by atoms with E-state index in [1.165, 1.54) is 31.4 Å². The van der Waals surface area contributed by atoms with Crippen molar-refractivity contribution in [1.29, 1.82) is 0 Å². The number of anilines is 1. The second-order valence-corrected chi connectivity index (χ2v) is 11.9. The number of rotatable bonds is 11. The number of methoxy groups -OCH3 is 1. The van der Waals surface area contributed by atoms with Crippen LogP contribution in [0, 0.1) is 0 Å². The Morgan fingerprint density at radius 2 is 1.79 bits per heavy atom. The molecule has 3 aromatic rings. The number of pyridine rings is 1. The molecule has 0 spiro atoms. The molecular weight excluding hydrogens is 578 g/mol. The number of fused-ring (bicyclic) bond motifs is 1. The van der Waals surface area contributed by atoms with Crippen molar-refractivity contribution in [3.8, 4) is 17.2 Å². The third-order valence-corrected chi connectivity index (χ3v) is 9.31. The van der Waals surface area contributed by atoms with Crippen molar-refractivity contribution in [3.63, 3.8) is 0 Å². The monoisotopic (exact) mass is 611 g/mol. The van der Waals surface area contributed by atoms with Gasteiger partial charge in [0.05, 0.1) is 12.0 Å². The van der Waals surface area contributed by atoms with E-state index in [0.717, 1.165) is 10.1 Å². The number of piperazine rings is 1. The van der Waals surface area contributed by atoms with E-state index in [1.54, 1.807) is 34.8 Å². The van der Waals surface area contributed by atoms with Gasteiger partial charge in [-0.3, -0.25) is 14.8 Å². The fourth-order valence-electron chi connectivity index (χ4n) is 5.09. The van der Waals surface area contributed by atoms with E-state index < -0.39 is 22.0 Å². The molecule has 43 heavy (non-hydrogen) atoms. The molecule has 1 saturated heterocycles. The first-order valence-electron chi connectivity index (χ1n) is 13.7. The van der Waals surface area contributed by atoms with Crippen LogP contribution in [0.3, 0.4) is 0 Å². The summed E-state index contributed by atoms with van der Waals surface area (Å²) in [6, 6.07) is 15.0. The van der Waals surface area contributed by atoms with Crippen molar-refractivity contribution in [1.82, 2.24) is 19.7 Å². The van der Waals surface area contributed by atoms with Gasteiger partial charge in [0.25, 0.3) is 5.91 Å². The smallest absolute Gasteiger partial charge is 0.261 e. The minimum absolute atomic E-state index is 0.0421. The summed E-state index contributed by atoms with van der Waals surface area (Å²) in [5.41, 5.74) is 2.12. The molecule has 0 saturated carbocycles. The summed E-state index contributed by atoms with van der Waals surface area (Å²) in [6.45, 7) is 1.89. The van der Waals surface area contributed by atoms with Crippen LogP contribution in [0.5, 0.6) is 17.2 Å². The van der Waals surface area contributed by atoms with Crippen LogP contribution in [0.2, 0.25) is 0 Å². The fraction of sp³-hybridized carbons (Fsp3) is 0.345. The van der Waals surface area contributed by atoms with Gasteiger partial charge in [0, 0.05) is 45.3 Å². The molecule has 2 amide bonds. The normalized spacial score (nSPS) is 15.3. The number of sulfonamides is 1. The summed E-state index contributed by atoms with van der Waals surface area (Å²) in [5.74, 6) is 1.08. The first-order valence-corrected chi connectivity index (χ1v) is 15.2. The van der Waals surface area contributed by atoms with E-state index >= 15 is 0 Å². The largest absolute Gasteiger partial charge is 0.497 e. The number of carbonyl (C=O) groups is 2. The van der Waals surface area contributed by atoms with Crippen LogP contribution in [-0.4, -0.2) is 85.8 Å². The Hall–Kier alpha value is -4.40. The maximum Gasteiger partial charge on any atom is 0.261 e. The Labute approximate surface area is 249 Å². The second-order valence-electron chi connectivity index (χ2n) is 10.00. The molecule has 1 atom stereocenters. The van der Waals surface area contributed by atoms with Crippen LogP contribution in [0.25, 0.3) is 0 Å². The molecule has 2 aliphatic heterocycles. The average molecular weight is 612 g/mol. The summed E-state index contributed by atoms with van der Waals surface area (Å²) in [4.78, 5) is 34.3. The van der Waals surface area contributed by atoms with Crippen LogP contribution in [0.1, 0.15) is 18.4 Å². The molecule has 3 heterocycles. The topological polar surface area (TPSA) is 151 Å². The number of nitrogens with one attached hydrogen (secondary N) is 1. The van der Waals surface area contributed by atoms with Crippen LogP contribution >= 0.6 is 0 Å². The molecule has 0 bridgehead atoms. The molecule has 1 aromatic heterocycles. The molecule has 0 aliphatic carbocycles. The van der Waals surface area contributed by atoms with E-state index in [-0.39, 0.29) is 37.0 Å². The Bertz CT molecular complexity index is 1530. The van der Waals surface area contributed by atoms with E-state index in [4.69, 9.17) is 14.2 Å². The third-order valence-electron chi connectivity index (χ3n) is 7.44. The number of hydrogen-bond acceptors (Lipinski definition) is 10. The lowest BCUT2D eigenvalue weighted by molar-refractivity contribution is -0.135. The summed E-state index contributed by atoms with van der Waals surface area (Å²) in [5, 5.41) is 9.62. The predicted molar refractivity (Wildman–Crippen MR) is 154 cm³/mol. The Kier molecular flexibility index (Phi) is 9.28. The van der Waals surface area contributed by atoms with Crippen molar-refractivity contribution in [2.45, 2.75) is 30.3 Å². The lowest BCUT2D eigenvalue weighted by Crippen LogP contribution is -2.51. The number of amides is 2.